The van der Waals surface area contributed by atoms with Gasteiger partial charge in [-0.05, 0) is 49.9 Å². The van der Waals surface area contributed by atoms with Gasteiger partial charge in [0, 0.05) is 25.5 Å². The van der Waals surface area contributed by atoms with Crippen molar-refractivity contribution in [1.29, 1.82) is 0 Å². The quantitative estimate of drug-likeness (QED) is 0.924. The summed E-state index contributed by atoms with van der Waals surface area (Å²) in [6, 6.07) is 4.16. The fourth-order valence-corrected chi connectivity index (χ4v) is 2.38. The Morgan fingerprint density at radius 1 is 1.39 bits per heavy atom. The second kappa shape index (κ2) is 9.56. The van der Waals surface area contributed by atoms with Gasteiger partial charge in [-0.15, -0.1) is 24.8 Å². The molecule has 3 nitrogen and oxygen atoms in total. The van der Waals surface area contributed by atoms with Gasteiger partial charge in [-0.3, -0.25) is 4.98 Å². The summed E-state index contributed by atoms with van der Waals surface area (Å²) < 4.78 is 0. The molecule has 1 atom stereocenters. The van der Waals surface area contributed by atoms with Crippen LogP contribution in [0.5, 0.6) is 0 Å². The molecule has 104 valence electrons. The third-order valence-corrected chi connectivity index (χ3v) is 3.38. The highest BCUT2D eigenvalue weighted by molar-refractivity contribution is 5.85. The van der Waals surface area contributed by atoms with Crippen molar-refractivity contribution < 1.29 is 0 Å². The van der Waals surface area contributed by atoms with Crippen molar-refractivity contribution in [3.8, 4) is 0 Å². The SMILES string of the molecule is Cl.Cl.NCC1CCCN(CCc2cccnc2)C1. The molecule has 1 fully saturated rings. The molecular formula is C13H23Cl2N3. The first-order valence-electron chi connectivity index (χ1n) is 6.20. The lowest BCUT2D eigenvalue weighted by atomic mass is 9.98. The molecule has 1 saturated heterocycles. The van der Waals surface area contributed by atoms with E-state index in [1.54, 1.807) is 0 Å². The van der Waals surface area contributed by atoms with Gasteiger partial charge in [0.25, 0.3) is 0 Å². The number of nitrogens with zero attached hydrogens (tertiary/aromatic N) is 2. The van der Waals surface area contributed by atoms with Crippen LogP contribution in [-0.4, -0.2) is 36.1 Å². The largest absolute Gasteiger partial charge is 0.330 e. The normalized spacial score (nSPS) is 19.7. The summed E-state index contributed by atoms with van der Waals surface area (Å²) >= 11 is 0. The number of likely N-dealkylation sites (tertiary alicyclic amines) is 1. The molecule has 18 heavy (non-hydrogen) atoms. The number of rotatable bonds is 4. The first-order chi connectivity index (χ1) is 7.88. The monoisotopic (exact) mass is 291 g/mol. The first kappa shape index (κ1) is 17.6. The Balaban J connectivity index is 0.00000144. The molecule has 2 rings (SSSR count). The molecule has 0 spiro atoms. The van der Waals surface area contributed by atoms with Crippen LogP contribution in [0.15, 0.2) is 24.5 Å². The van der Waals surface area contributed by atoms with Crippen LogP contribution in [0, 0.1) is 5.92 Å². The molecule has 1 aliphatic heterocycles. The Hall–Kier alpha value is -0.350. The molecule has 2 heterocycles. The standard InChI is InChI=1S/C13H21N3.2ClH/c14-9-13-4-2-7-16(11-13)8-5-12-3-1-6-15-10-12;;/h1,3,6,10,13H,2,4-5,7-9,11,14H2;2*1H. The maximum Gasteiger partial charge on any atom is 0.0300 e. The first-order valence-corrected chi connectivity index (χ1v) is 6.20. The smallest absolute Gasteiger partial charge is 0.0300 e. The van der Waals surface area contributed by atoms with Crippen molar-refractivity contribution in [1.82, 2.24) is 9.88 Å². The second-order valence-electron chi connectivity index (χ2n) is 4.66. The predicted octanol–water partition coefficient (Wildman–Crippen LogP) is 2.14. The summed E-state index contributed by atoms with van der Waals surface area (Å²) in [5, 5.41) is 0. The van der Waals surface area contributed by atoms with Gasteiger partial charge in [-0.2, -0.15) is 0 Å². The van der Waals surface area contributed by atoms with Gasteiger partial charge in [0.15, 0.2) is 0 Å². The van der Waals surface area contributed by atoms with E-state index >= 15 is 0 Å². The van der Waals surface area contributed by atoms with Crippen molar-refractivity contribution >= 4 is 24.8 Å². The van der Waals surface area contributed by atoms with Gasteiger partial charge < -0.3 is 10.6 Å². The summed E-state index contributed by atoms with van der Waals surface area (Å²) in [6.45, 7) is 4.39. The molecule has 0 aromatic carbocycles. The van der Waals surface area contributed by atoms with Crippen LogP contribution in [0.4, 0.5) is 0 Å². The third-order valence-electron chi connectivity index (χ3n) is 3.38. The summed E-state index contributed by atoms with van der Waals surface area (Å²) in [5.41, 5.74) is 7.07. The lowest BCUT2D eigenvalue weighted by Crippen LogP contribution is -2.39. The van der Waals surface area contributed by atoms with Gasteiger partial charge in [0.05, 0.1) is 0 Å². The number of hydrogen-bond donors (Lipinski definition) is 1. The Morgan fingerprint density at radius 2 is 2.22 bits per heavy atom. The topological polar surface area (TPSA) is 42.1 Å². The molecule has 0 amide bonds. The Labute approximate surface area is 122 Å². The fraction of sp³-hybridized carbons (Fsp3) is 0.615. The highest BCUT2D eigenvalue weighted by atomic mass is 35.5. The molecule has 1 aliphatic rings. The number of halogens is 2. The van der Waals surface area contributed by atoms with Crippen molar-refractivity contribution in [3.05, 3.63) is 30.1 Å². The van der Waals surface area contributed by atoms with E-state index in [-0.39, 0.29) is 24.8 Å². The van der Waals surface area contributed by atoms with E-state index in [4.69, 9.17) is 5.73 Å². The van der Waals surface area contributed by atoms with Crippen LogP contribution in [0.3, 0.4) is 0 Å². The van der Waals surface area contributed by atoms with E-state index in [0.717, 1.165) is 19.5 Å². The summed E-state index contributed by atoms with van der Waals surface area (Å²) in [4.78, 5) is 6.68. The van der Waals surface area contributed by atoms with Gasteiger partial charge in [-0.25, -0.2) is 0 Å². The van der Waals surface area contributed by atoms with Crippen LogP contribution in [0.2, 0.25) is 0 Å². The van der Waals surface area contributed by atoms with E-state index < -0.39 is 0 Å². The number of nitrogens with two attached hydrogens (primary N) is 1. The minimum atomic E-state index is 0. The maximum atomic E-state index is 5.74. The number of hydrogen-bond acceptors (Lipinski definition) is 3. The molecule has 2 N–H and O–H groups in total. The van der Waals surface area contributed by atoms with Crippen molar-refractivity contribution in [2.75, 3.05) is 26.2 Å². The van der Waals surface area contributed by atoms with E-state index in [0.29, 0.717) is 5.92 Å². The molecule has 5 heteroatoms. The van der Waals surface area contributed by atoms with Gasteiger partial charge >= 0.3 is 0 Å². The average molecular weight is 292 g/mol. The van der Waals surface area contributed by atoms with Crippen molar-refractivity contribution in [2.24, 2.45) is 11.7 Å². The number of piperidine rings is 1. The van der Waals surface area contributed by atoms with Gasteiger partial charge in [-0.1, -0.05) is 6.07 Å². The molecule has 1 unspecified atom stereocenters. The lowest BCUT2D eigenvalue weighted by Gasteiger charge is -2.32. The van der Waals surface area contributed by atoms with E-state index in [9.17, 15) is 0 Å². The maximum absolute atomic E-state index is 5.74. The molecule has 0 bridgehead atoms. The van der Waals surface area contributed by atoms with Crippen LogP contribution in [0.1, 0.15) is 18.4 Å². The Morgan fingerprint density at radius 3 is 2.89 bits per heavy atom. The lowest BCUT2D eigenvalue weighted by molar-refractivity contribution is 0.180. The average Bonchev–Trinajstić information content (AvgIpc) is 2.38. The minimum absolute atomic E-state index is 0. The summed E-state index contributed by atoms with van der Waals surface area (Å²) in [5.74, 6) is 0.711. The minimum Gasteiger partial charge on any atom is -0.330 e. The van der Waals surface area contributed by atoms with Crippen LogP contribution in [0.25, 0.3) is 0 Å². The van der Waals surface area contributed by atoms with Crippen LogP contribution < -0.4 is 5.73 Å². The molecule has 0 radical (unpaired) electrons. The zero-order chi connectivity index (χ0) is 11.2. The highest BCUT2D eigenvalue weighted by Crippen LogP contribution is 2.15. The zero-order valence-electron chi connectivity index (χ0n) is 10.6. The fourth-order valence-electron chi connectivity index (χ4n) is 2.38. The third kappa shape index (κ3) is 5.53. The van der Waals surface area contributed by atoms with Gasteiger partial charge in [0.1, 0.15) is 0 Å². The Kier molecular flexibility index (Phi) is 9.38. The van der Waals surface area contributed by atoms with Crippen molar-refractivity contribution in [3.63, 3.8) is 0 Å². The number of aromatic nitrogens is 1. The highest BCUT2D eigenvalue weighted by Gasteiger charge is 2.17. The molecule has 0 aliphatic carbocycles. The molecule has 1 aromatic rings. The van der Waals surface area contributed by atoms with Crippen LogP contribution in [-0.2, 0) is 6.42 Å². The summed E-state index contributed by atoms with van der Waals surface area (Å²) in [7, 11) is 0. The van der Waals surface area contributed by atoms with E-state index in [1.807, 2.05) is 18.5 Å². The van der Waals surface area contributed by atoms with Crippen molar-refractivity contribution in [2.45, 2.75) is 19.3 Å². The molecular weight excluding hydrogens is 269 g/mol. The number of pyridine rings is 1. The second-order valence-corrected chi connectivity index (χ2v) is 4.66. The van der Waals surface area contributed by atoms with E-state index in [1.165, 1.54) is 31.5 Å². The van der Waals surface area contributed by atoms with E-state index in [2.05, 4.69) is 16.0 Å². The molecule has 1 aromatic heterocycles. The summed E-state index contributed by atoms with van der Waals surface area (Å²) in [6.07, 6.45) is 7.50. The van der Waals surface area contributed by atoms with Crippen LogP contribution >= 0.6 is 24.8 Å². The zero-order valence-corrected chi connectivity index (χ0v) is 12.3. The predicted molar refractivity (Wildman–Crippen MR) is 80.7 cm³/mol. The Bertz CT molecular complexity index is 308. The van der Waals surface area contributed by atoms with Gasteiger partial charge in [0.2, 0.25) is 0 Å². The molecule has 0 saturated carbocycles.